The highest BCUT2D eigenvalue weighted by molar-refractivity contribution is 7.80. The van der Waals surface area contributed by atoms with Gasteiger partial charge in [0.05, 0.1) is 12.5 Å². The molecule has 0 saturated heterocycles. The number of phenols is 1. The zero-order valence-electron chi connectivity index (χ0n) is 19.0. The number of rotatable bonds is 15. The number of hydrogen-bond acceptors (Lipinski definition) is 9. The molecule has 15 heteroatoms. The van der Waals surface area contributed by atoms with Gasteiger partial charge in [-0.2, -0.15) is 12.6 Å². The predicted molar refractivity (Wildman–Crippen MR) is 128 cm³/mol. The largest absolute Gasteiger partial charge is 0.508 e. The lowest BCUT2D eigenvalue weighted by Gasteiger charge is -2.24. The zero-order valence-corrected chi connectivity index (χ0v) is 19.9. The van der Waals surface area contributed by atoms with E-state index in [0.717, 1.165) is 0 Å². The summed E-state index contributed by atoms with van der Waals surface area (Å²) < 4.78 is 0. The Morgan fingerprint density at radius 2 is 1.39 bits per heavy atom. The van der Waals surface area contributed by atoms with Gasteiger partial charge in [-0.05, 0) is 30.5 Å². The van der Waals surface area contributed by atoms with Crippen LogP contribution in [0.5, 0.6) is 5.75 Å². The summed E-state index contributed by atoms with van der Waals surface area (Å²) in [7, 11) is 0. The van der Waals surface area contributed by atoms with E-state index in [9.17, 15) is 33.9 Å². The Morgan fingerprint density at radius 3 is 1.89 bits per heavy atom. The Labute approximate surface area is 211 Å². The fourth-order valence-electron chi connectivity index (χ4n) is 2.93. The fraction of sp³-hybridized carbons (Fsp3) is 0.429. The van der Waals surface area contributed by atoms with Gasteiger partial charge in [0.1, 0.15) is 23.9 Å². The number of phenolic OH excluding ortho intramolecular Hbond substituents is 1. The standard InChI is InChI=1S/C21H29N5O9S/c22-12(7-10-1-3-11(27)4-2-10)18(31)24-13(5-6-17(29)30)19(32)25-14(8-16(23)28)20(33)26-15(9-36)21(34)35/h1-4,12-15,27,36H,5-9,22H2,(H2,23,28)(H,24,31)(H,25,32)(H,26,33)(H,29,30)(H,34,35). The molecule has 4 amide bonds. The van der Waals surface area contributed by atoms with Crippen LogP contribution in [0.2, 0.25) is 0 Å². The lowest BCUT2D eigenvalue weighted by Crippen LogP contribution is -2.58. The Kier molecular flexibility index (Phi) is 12.2. The van der Waals surface area contributed by atoms with Gasteiger partial charge in [0, 0.05) is 12.2 Å². The molecule has 0 aliphatic rings. The molecule has 36 heavy (non-hydrogen) atoms. The molecule has 4 atom stereocenters. The molecule has 0 radical (unpaired) electrons. The lowest BCUT2D eigenvalue weighted by atomic mass is 10.0. The van der Waals surface area contributed by atoms with Crippen molar-refractivity contribution in [3.05, 3.63) is 29.8 Å². The van der Waals surface area contributed by atoms with Crippen LogP contribution in [0.25, 0.3) is 0 Å². The third-order valence-electron chi connectivity index (χ3n) is 4.84. The van der Waals surface area contributed by atoms with E-state index in [1.54, 1.807) is 12.1 Å². The number of nitrogens with one attached hydrogen (secondary N) is 3. The number of carboxylic acid groups (broad SMARTS) is 2. The van der Waals surface area contributed by atoms with Gasteiger partial charge in [-0.3, -0.25) is 24.0 Å². The molecule has 4 unspecified atom stereocenters. The maximum Gasteiger partial charge on any atom is 0.327 e. The number of carboxylic acids is 2. The van der Waals surface area contributed by atoms with E-state index in [1.807, 2.05) is 0 Å². The van der Waals surface area contributed by atoms with E-state index in [1.165, 1.54) is 12.1 Å². The average molecular weight is 528 g/mol. The maximum atomic E-state index is 12.8. The first-order valence-corrected chi connectivity index (χ1v) is 11.3. The normalized spacial score (nSPS) is 13.9. The quantitative estimate of drug-likeness (QED) is 0.108. The van der Waals surface area contributed by atoms with Gasteiger partial charge in [0.25, 0.3) is 0 Å². The highest BCUT2D eigenvalue weighted by Gasteiger charge is 2.31. The number of nitrogens with two attached hydrogens (primary N) is 2. The Balaban J connectivity index is 2.98. The van der Waals surface area contributed by atoms with Gasteiger partial charge in [-0.15, -0.1) is 0 Å². The number of primary amides is 1. The van der Waals surface area contributed by atoms with Crippen LogP contribution < -0.4 is 27.4 Å². The van der Waals surface area contributed by atoms with Crippen molar-refractivity contribution in [2.45, 2.75) is 49.9 Å². The first-order chi connectivity index (χ1) is 16.8. The highest BCUT2D eigenvalue weighted by Crippen LogP contribution is 2.11. The number of benzene rings is 1. The minimum absolute atomic E-state index is 0.0146. The molecular formula is C21H29N5O9S. The van der Waals surface area contributed by atoms with Crippen LogP contribution in [0.4, 0.5) is 0 Å². The molecule has 0 aromatic heterocycles. The van der Waals surface area contributed by atoms with Crippen LogP contribution >= 0.6 is 12.6 Å². The first kappa shape index (κ1) is 30.2. The lowest BCUT2D eigenvalue weighted by molar-refractivity contribution is -0.141. The zero-order chi connectivity index (χ0) is 27.4. The number of amides is 4. The molecule has 0 aliphatic carbocycles. The molecule has 10 N–H and O–H groups in total. The van der Waals surface area contributed by atoms with Crippen LogP contribution in [-0.2, 0) is 35.2 Å². The van der Waals surface area contributed by atoms with Crippen LogP contribution in [0.3, 0.4) is 0 Å². The summed E-state index contributed by atoms with van der Waals surface area (Å²) in [5.41, 5.74) is 11.6. The molecule has 0 saturated carbocycles. The summed E-state index contributed by atoms with van der Waals surface area (Å²) in [6.45, 7) is 0. The molecule has 198 valence electrons. The van der Waals surface area contributed by atoms with Gasteiger partial charge in [0.15, 0.2) is 0 Å². The monoisotopic (exact) mass is 527 g/mol. The molecule has 0 aliphatic heterocycles. The minimum Gasteiger partial charge on any atom is -0.508 e. The second-order valence-electron chi connectivity index (χ2n) is 7.78. The SMILES string of the molecule is NC(=O)CC(NC(=O)C(CCC(=O)O)NC(=O)C(N)Cc1ccc(O)cc1)C(=O)NC(CS)C(=O)O. The smallest absolute Gasteiger partial charge is 0.327 e. The Morgan fingerprint density at radius 1 is 0.861 bits per heavy atom. The molecule has 0 fully saturated rings. The van der Waals surface area contributed by atoms with Crippen LogP contribution in [-0.4, -0.2) is 80.8 Å². The number of aliphatic carboxylic acids is 2. The van der Waals surface area contributed by atoms with Crippen LogP contribution in [0.1, 0.15) is 24.8 Å². The van der Waals surface area contributed by atoms with Crippen molar-refractivity contribution in [2.24, 2.45) is 11.5 Å². The van der Waals surface area contributed by atoms with Crippen molar-refractivity contribution in [1.82, 2.24) is 16.0 Å². The molecule has 1 aromatic rings. The second kappa shape index (κ2) is 14.5. The summed E-state index contributed by atoms with van der Waals surface area (Å²) in [4.78, 5) is 71.5. The fourth-order valence-corrected chi connectivity index (χ4v) is 3.18. The van der Waals surface area contributed by atoms with Gasteiger partial charge in [-0.1, -0.05) is 12.1 Å². The topological polar surface area (TPSA) is 251 Å². The van der Waals surface area contributed by atoms with Gasteiger partial charge >= 0.3 is 11.9 Å². The van der Waals surface area contributed by atoms with Gasteiger partial charge in [-0.25, -0.2) is 4.79 Å². The Hall–Kier alpha value is -3.85. The summed E-state index contributed by atoms with van der Waals surface area (Å²) in [6.07, 6.45) is -1.57. The summed E-state index contributed by atoms with van der Waals surface area (Å²) >= 11 is 3.81. The third-order valence-corrected chi connectivity index (χ3v) is 5.21. The molecule has 0 bridgehead atoms. The summed E-state index contributed by atoms with van der Waals surface area (Å²) in [6, 6.07) is 0.248. The van der Waals surface area contributed by atoms with E-state index in [4.69, 9.17) is 21.7 Å². The molecule has 1 aromatic carbocycles. The number of aromatic hydroxyl groups is 1. The maximum absolute atomic E-state index is 12.8. The molecule has 1 rings (SSSR count). The summed E-state index contributed by atoms with van der Waals surface area (Å²) in [5.74, 6) is -6.79. The average Bonchev–Trinajstić information content (AvgIpc) is 2.79. The number of carbonyl (C=O) groups is 6. The minimum atomic E-state index is -1.60. The molecule has 0 spiro atoms. The highest BCUT2D eigenvalue weighted by atomic mass is 32.1. The predicted octanol–water partition coefficient (Wildman–Crippen LogP) is -2.53. The van der Waals surface area contributed by atoms with E-state index in [2.05, 4.69) is 28.6 Å². The Bertz CT molecular complexity index is 973. The van der Waals surface area contributed by atoms with Crippen molar-refractivity contribution in [3.63, 3.8) is 0 Å². The van der Waals surface area contributed by atoms with E-state index in [0.29, 0.717) is 5.56 Å². The van der Waals surface area contributed by atoms with Gasteiger partial charge < -0.3 is 42.7 Å². The molecule has 0 heterocycles. The van der Waals surface area contributed by atoms with Crippen molar-refractivity contribution < 1.29 is 44.1 Å². The van der Waals surface area contributed by atoms with E-state index >= 15 is 0 Å². The number of thiol groups is 1. The van der Waals surface area contributed by atoms with Gasteiger partial charge in [0.2, 0.25) is 23.6 Å². The van der Waals surface area contributed by atoms with Crippen molar-refractivity contribution >= 4 is 48.2 Å². The summed E-state index contributed by atoms with van der Waals surface area (Å²) in [5, 5.41) is 34.0. The van der Waals surface area contributed by atoms with Crippen molar-refractivity contribution in [3.8, 4) is 5.75 Å². The number of carbonyl (C=O) groups excluding carboxylic acids is 4. The molecule has 14 nitrogen and oxygen atoms in total. The van der Waals surface area contributed by atoms with Crippen molar-refractivity contribution in [1.29, 1.82) is 0 Å². The third kappa shape index (κ3) is 10.6. The van der Waals surface area contributed by atoms with Crippen LogP contribution in [0.15, 0.2) is 24.3 Å². The first-order valence-electron chi connectivity index (χ1n) is 10.6. The van der Waals surface area contributed by atoms with E-state index < -0.39 is 72.6 Å². The van der Waals surface area contributed by atoms with Crippen molar-refractivity contribution in [2.75, 3.05) is 5.75 Å². The van der Waals surface area contributed by atoms with Crippen LogP contribution in [0, 0.1) is 0 Å². The number of hydrogen-bond donors (Lipinski definition) is 9. The molecular weight excluding hydrogens is 498 g/mol. The second-order valence-corrected chi connectivity index (χ2v) is 8.15. The van der Waals surface area contributed by atoms with E-state index in [-0.39, 0.29) is 24.3 Å².